The number of carbonyl (C=O) groups is 1. The molecule has 0 aliphatic heterocycles. The number of carbonyl (C=O) groups excluding carboxylic acids is 1. The lowest BCUT2D eigenvalue weighted by Crippen LogP contribution is -2.36. The largest absolute Gasteiger partial charge is 0.353 e. The molecule has 5 nitrogen and oxygen atoms in total. The van der Waals surface area contributed by atoms with Gasteiger partial charge >= 0.3 is 0 Å². The number of rotatable bonds is 6. The third kappa shape index (κ3) is 5.52. The Morgan fingerprint density at radius 2 is 1.75 bits per heavy atom. The quantitative estimate of drug-likeness (QED) is 0.765. The molecule has 1 amide bonds. The molecule has 1 fully saturated rings. The van der Waals surface area contributed by atoms with Gasteiger partial charge in [-0.15, -0.1) is 0 Å². The second kappa shape index (κ2) is 8.53. The van der Waals surface area contributed by atoms with Crippen LogP contribution in [0.1, 0.15) is 44.9 Å². The highest BCUT2D eigenvalue weighted by Gasteiger charge is 2.18. The maximum Gasteiger partial charge on any atom is 0.240 e. The van der Waals surface area contributed by atoms with E-state index in [4.69, 9.17) is 0 Å². The normalized spacial score (nSPS) is 16.6. The van der Waals surface area contributed by atoms with Gasteiger partial charge in [-0.1, -0.05) is 25.7 Å². The van der Waals surface area contributed by atoms with Crippen LogP contribution in [0.3, 0.4) is 0 Å². The van der Waals surface area contributed by atoms with Crippen LogP contribution in [0.15, 0.2) is 23.1 Å². The van der Waals surface area contributed by atoms with Crippen LogP contribution in [0.5, 0.6) is 0 Å². The molecule has 0 spiro atoms. The topological polar surface area (TPSA) is 75.3 Å². The summed E-state index contributed by atoms with van der Waals surface area (Å²) in [5, 5.41) is 2.92. The lowest BCUT2D eigenvalue weighted by Gasteiger charge is -2.16. The molecule has 8 heteroatoms. The van der Waals surface area contributed by atoms with E-state index < -0.39 is 21.7 Å². The number of hydrogen-bond acceptors (Lipinski definition) is 3. The van der Waals surface area contributed by atoms with Gasteiger partial charge in [0.05, 0.1) is 4.90 Å². The Labute approximate surface area is 140 Å². The van der Waals surface area contributed by atoms with Gasteiger partial charge in [-0.2, -0.15) is 0 Å². The smallest absolute Gasteiger partial charge is 0.240 e. The summed E-state index contributed by atoms with van der Waals surface area (Å²) in [5.74, 6) is -2.56. The summed E-state index contributed by atoms with van der Waals surface area (Å²) in [5.41, 5.74) is 0. The Kier molecular flexibility index (Phi) is 6.68. The first-order valence-corrected chi connectivity index (χ1v) is 9.61. The molecule has 2 rings (SSSR count). The molecular weight excluding hydrogens is 338 g/mol. The van der Waals surface area contributed by atoms with E-state index in [2.05, 4.69) is 10.0 Å². The summed E-state index contributed by atoms with van der Waals surface area (Å²) in [7, 11) is -3.97. The molecule has 1 saturated carbocycles. The predicted molar refractivity (Wildman–Crippen MR) is 85.8 cm³/mol. The minimum absolute atomic E-state index is 0.000588. The predicted octanol–water partition coefficient (Wildman–Crippen LogP) is 2.47. The minimum atomic E-state index is -3.97. The van der Waals surface area contributed by atoms with Crippen molar-refractivity contribution >= 4 is 15.9 Å². The van der Waals surface area contributed by atoms with Crippen LogP contribution in [-0.4, -0.2) is 26.9 Å². The zero-order valence-corrected chi connectivity index (χ0v) is 14.2. The average molecular weight is 360 g/mol. The lowest BCUT2D eigenvalue weighted by molar-refractivity contribution is -0.121. The Bertz CT molecular complexity index is 672. The van der Waals surface area contributed by atoms with Crippen LogP contribution in [0.4, 0.5) is 8.78 Å². The molecule has 0 heterocycles. The third-order valence-corrected chi connectivity index (χ3v) is 5.52. The van der Waals surface area contributed by atoms with Crippen molar-refractivity contribution in [2.75, 3.05) is 6.54 Å². The fourth-order valence-electron chi connectivity index (χ4n) is 2.75. The molecule has 0 radical (unpaired) electrons. The van der Waals surface area contributed by atoms with Crippen molar-refractivity contribution in [3.05, 3.63) is 29.8 Å². The number of nitrogens with one attached hydrogen (secondary N) is 2. The van der Waals surface area contributed by atoms with Gasteiger partial charge in [-0.3, -0.25) is 4.79 Å². The highest BCUT2D eigenvalue weighted by molar-refractivity contribution is 7.89. The van der Waals surface area contributed by atoms with Crippen LogP contribution in [0.2, 0.25) is 0 Å². The summed E-state index contributed by atoms with van der Waals surface area (Å²) in [6, 6.07) is 2.50. The van der Waals surface area contributed by atoms with Crippen molar-refractivity contribution in [2.24, 2.45) is 0 Å². The molecule has 24 heavy (non-hydrogen) atoms. The van der Waals surface area contributed by atoms with E-state index in [1.807, 2.05) is 0 Å². The molecule has 1 aromatic carbocycles. The Balaban J connectivity index is 1.81. The van der Waals surface area contributed by atoms with Gasteiger partial charge in [0.2, 0.25) is 15.9 Å². The van der Waals surface area contributed by atoms with Crippen molar-refractivity contribution in [3.8, 4) is 0 Å². The van der Waals surface area contributed by atoms with E-state index in [1.165, 1.54) is 12.8 Å². The van der Waals surface area contributed by atoms with Gasteiger partial charge in [0.25, 0.3) is 0 Å². The van der Waals surface area contributed by atoms with Crippen LogP contribution < -0.4 is 10.0 Å². The average Bonchev–Trinajstić information content (AvgIpc) is 2.78. The first-order valence-electron chi connectivity index (χ1n) is 8.12. The van der Waals surface area contributed by atoms with E-state index in [-0.39, 0.29) is 29.8 Å². The number of amides is 1. The Morgan fingerprint density at radius 1 is 1.08 bits per heavy atom. The third-order valence-electron chi connectivity index (χ3n) is 4.07. The molecule has 0 atom stereocenters. The molecule has 134 valence electrons. The first kappa shape index (κ1) is 18.8. The zero-order chi connectivity index (χ0) is 17.6. The van der Waals surface area contributed by atoms with Crippen LogP contribution in [0.25, 0.3) is 0 Å². The molecule has 0 unspecified atom stereocenters. The molecule has 1 aliphatic rings. The van der Waals surface area contributed by atoms with E-state index in [0.717, 1.165) is 37.8 Å². The fourth-order valence-corrected chi connectivity index (χ4v) is 3.79. The van der Waals surface area contributed by atoms with Crippen molar-refractivity contribution < 1.29 is 22.0 Å². The fraction of sp³-hybridized carbons (Fsp3) is 0.562. The first-order chi connectivity index (χ1) is 11.4. The van der Waals surface area contributed by atoms with Gasteiger partial charge in [0.15, 0.2) is 11.6 Å². The Morgan fingerprint density at radius 3 is 2.38 bits per heavy atom. The summed E-state index contributed by atoms with van der Waals surface area (Å²) in [4.78, 5) is 11.5. The maximum absolute atomic E-state index is 13.1. The zero-order valence-electron chi connectivity index (χ0n) is 13.4. The molecular formula is C16H22F2N2O3S. The molecule has 2 N–H and O–H groups in total. The van der Waals surface area contributed by atoms with Crippen LogP contribution >= 0.6 is 0 Å². The summed E-state index contributed by atoms with van der Waals surface area (Å²) in [6.07, 6.45) is 6.44. The second-order valence-electron chi connectivity index (χ2n) is 5.98. The SMILES string of the molecule is O=C(CCNS(=O)(=O)c1ccc(F)c(F)c1)NC1CCCCCC1. The minimum Gasteiger partial charge on any atom is -0.353 e. The number of halogens is 2. The summed E-state index contributed by atoms with van der Waals surface area (Å²) < 4.78 is 52.2. The van der Waals surface area contributed by atoms with Crippen molar-refractivity contribution in [3.63, 3.8) is 0 Å². The van der Waals surface area contributed by atoms with Gasteiger partial charge in [-0.05, 0) is 31.0 Å². The number of sulfonamides is 1. The van der Waals surface area contributed by atoms with Crippen LogP contribution in [0, 0.1) is 11.6 Å². The van der Waals surface area contributed by atoms with Gasteiger partial charge in [0, 0.05) is 19.0 Å². The maximum atomic E-state index is 13.1. The lowest BCUT2D eigenvalue weighted by atomic mass is 10.1. The van der Waals surface area contributed by atoms with E-state index >= 15 is 0 Å². The van der Waals surface area contributed by atoms with Gasteiger partial charge in [-0.25, -0.2) is 21.9 Å². The van der Waals surface area contributed by atoms with E-state index in [0.29, 0.717) is 6.07 Å². The second-order valence-corrected chi connectivity index (χ2v) is 7.75. The van der Waals surface area contributed by atoms with Crippen molar-refractivity contribution in [2.45, 2.75) is 55.9 Å². The molecule has 0 aromatic heterocycles. The molecule has 1 aromatic rings. The summed E-state index contributed by atoms with van der Waals surface area (Å²) >= 11 is 0. The highest BCUT2D eigenvalue weighted by Crippen LogP contribution is 2.17. The van der Waals surface area contributed by atoms with Gasteiger partial charge in [0.1, 0.15) is 0 Å². The number of benzene rings is 1. The monoisotopic (exact) mass is 360 g/mol. The summed E-state index contributed by atoms with van der Waals surface area (Å²) in [6.45, 7) is -0.0973. The molecule has 0 saturated heterocycles. The standard InChI is InChI=1S/C16H22F2N2O3S/c17-14-8-7-13(11-15(14)18)24(22,23)19-10-9-16(21)20-12-5-3-1-2-4-6-12/h7-8,11-12,19H,1-6,9-10H2,(H,20,21). The van der Waals surface area contributed by atoms with E-state index in [9.17, 15) is 22.0 Å². The molecule has 1 aliphatic carbocycles. The van der Waals surface area contributed by atoms with Crippen molar-refractivity contribution in [1.29, 1.82) is 0 Å². The van der Waals surface area contributed by atoms with E-state index in [1.54, 1.807) is 0 Å². The van der Waals surface area contributed by atoms with Crippen molar-refractivity contribution in [1.82, 2.24) is 10.0 Å². The highest BCUT2D eigenvalue weighted by atomic mass is 32.2. The van der Waals surface area contributed by atoms with Gasteiger partial charge < -0.3 is 5.32 Å². The molecule has 0 bridgehead atoms. The number of hydrogen-bond donors (Lipinski definition) is 2. The van der Waals surface area contributed by atoms with Crippen LogP contribution in [-0.2, 0) is 14.8 Å². The Hall–Kier alpha value is -1.54.